The average molecular weight is 300 g/mol. The Hall–Kier alpha value is -1.82. The maximum Gasteiger partial charge on any atom is 0.416 e. The number of alkyl halides is 3. The number of aryl methyl sites for hydroxylation is 1. The largest absolute Gasteiger partial charge is 0.489 e. The molecule has 0 saturated heterocycles. The van der Waals surface area contributed by atoms with Crippen LogP contribution in [-0.2, 0) is 12.8 Å². The quantitative estimate of drug-likeness (QED) is 0.779. The maximum absolute atomic E-state index is 12.6. The van der Waals surface area contributed by atoms with E-state index in [4.69, 9.17) is 4.74 Å². The Labute approximate surface area is 117 Å². The molecule has 6 heteroatoms. The summed E-state index contributed by atoms with van der Waals surface area (Å²) >= 11 is 1.33. The molecule has 0 fully saturated rings. The molecule has 1 aromatic heterocycles. The van der Waals surface area contributed by atoms with Crippen LogP contribution < -0.4 is 4.74 Å². The summed E-state index contributed by atoms with van der Waals surface area (Å²) in [5, 5.41) is 0. The highest BCUT2D eigenvalue weighted by atomic mass is 32.1. The number of ether oxygens (including phenoxy) is 1. The van der Waals surface area contributed by atoms with E-state index in [1.54, 1.807) is 6.07 Å². The fourth-order valence-corrected chi connectivity index (χ4v) is 2.52. The Kier molecular flexibility index (Phi) is 4.13. The van der Waals surface area contributed by atoms with E-state index in [2.05, 4.69) is 0 Å². The molecule has 1 heterocycles. The Morgan fingerprint density at radius 2 is 2.05 bits per heavy atom. The van der Waals surface area contributed by atoms with Crippen molar-refractivity contribution in [3.05, 3.63) is 51.2 Å². The lowest BCUT2D eigenvalue weighted by Gasteiger charge is -2.10. The van der Waals surface area contributed by atoms with E-state index in [9.17, 15) is 18.0 Å². The number of rotatable bonds is 4. The predicted octanol–water partition coefficient (Wildman–Crippen LogP) is 4.47. The lowest BCUT2D eigenvalue weighted by atomic mass is 10.2. The molecule has 2 nitrogen and oxygen atoms in total. The SMILES string of the molecule is Cc1sc(C=O)cc1COc1cccc(C(F)(F)F)c1. The number of hydrogen-bond donors (Lipinski definition) is 0. The van der Waals surface area contributed by atoms with Gasteiger partial charge in [-0.25, -0.2) is 0 Å². The number of carbonyl (C=O) groups excluding carboxylic acids is 1. The third-order valence-corrected chi connectivity index (χ3v) is 3.73. The molecule has 0 atom stereocenters. The first-order valence-corrected chi connectivity index (χ1v) is 6.56. The summed E-state index contributed by atoms with van der Waals surface area (Å²) in [6.45, 7) is 1.97. The third-order valence-electron chi connectivity index (χ3n) is 2.71. The van der Waals surface area contributed by atoms with Crippen LogP contribution in [0.5, 0.6) is 5.75 Å². The maximum atomic E-state index is 12.6. The Morgan fingerprint density at radius 3 is 2.65 bits per heavy atom. The Balaban J connectivity index is 2.11. The zero-order valence-electron chi connectivity index (χ0n) is 10.5. The number of benzene rings is 1. The van der Waals surface area contributed by atoms with Crippen molar-refractivity contribution in [2.75, 3.05) is 0 Å². The second-order valence-electron chi connectivity index (χ2n) is 4.16. The summed E-state index contributed by atoms with van der Waals surface area (Å²) in [5.41, 5.74) is 0.0557. The summed E-state index contributed by atoms with van der Waals surface area (Å²) in [7, 11) is 0. The van der Waals surface area contributed by atoms with Crippen molar-refractivity contribution >= 4 is 17.6 Å². The van der Waals surface area contributed by atoms with Gasteiger partial charge in [-0.05, 0) is 31.2 Å². The molecule has 0 spiro atoms. The summed E-state index contributed by atoms with van der Waals surface area (Å²) < 4.78 is 43.0. The minimum atomic E-state index is -4.39. The van der Waals surface area contributed by atoms with Crippen LogP contribution in [0.15, 0.2) is 30.3 Å². The van der Waals surface area contributed by atoms with Crippen molar-refractivity contribution in [3.8, 4) is 5.75 Å². The van der Waals surface area contributed by atoms with Gasteiger partial charge >= 0.3 is 6.18 Å². The van der Waals surface area contributed by atoms with Crippen molar-refractivity contribution < 1.29 is 22.7 Å². The fourth-order valence-electron chi connectivity index (χ4n) is 1.67. The van der Waals surface area contributed by atoms with Gasteiger partial charge in [0.05, 0.1) is 10.4 Å². The number of carbonyl (C=O) groups is 1. The summed E-state index contributed by atoms with van der Waals surface area (Å²) in [5.74, 6) is 0.151. The molecule has 2 rings (SSSR count). The smallest absolute Gasteiger partial charge is 0.416 e. The van der Waals surface area contributed by atoms with E-state index < -0.39 is 11.7 Å². The van der Waals surface area contributed by atoms with Gasteiger partial charge < -0.3 is 4.74 Å². The van der Waals surface area contributed by atoms with Crippen LogP contribution >= 0.6 is 11.3 Å². The van der Waals surface area contributed by atoms with Gasteiger partial charge in [0.2, 0.25) is 0 Å². The van der Waals surface area contributed by atoms with Gasteiger partial charge in [0.1, 0.15) is 12.4 Å². The molecule has 0 aliphatic heterocycles. The fraction of sp³-hybridized carbons (Fsp3) is 0.214. The minimum absolute atomic E-state index is 0.136. The second kappa shape index (κ2) is 5.66. The lowest BCUT2D eigenvalue weighted by Crippen LogP contribution is -2.05. The molecular formula is C14H11F3O2S. The molecule has 2 aromatic rings. The number of aldehydes is 1. The van der Waals surface area contributed by atoms with Crippen LogP contribution in [0.4, 0.5) is 13.2 Å². The van der Waals surface area contributed by atoms with Crippen molar-refractivity contribution in [1.82, 2.24) is 0 Å². The zero-order chi connectivity index (χ0) is 14.8. The molecule has 0 aliphatic rings. The van der Waals surface area contributed by atoms with Crippen LogP contribution in [0.2, 0.25) is 0 Å². The molecule has 1 aromatic carbocycles. The van der Waals surface area contributed by atoms with Crippen LogP contribution in [-0.4, -0.2) is 6.29 Å². The normalized spacial score (nSPS) is 11.4. The zero-order valence-corrected chi connectivity index (χ0v) is 11.3. The first-order chi connectivity index (χ1) is 9.40. The van der Waals surface area contributed by atoms with Gasteiger partial charge in [-0.1, -0.05) is 6.07 Å². The van der Waals surface area contributed by atoms with E-state index >= 15 is 0 Å². The van der Waals surface area contributed by atoms with Crippen molar-refractivity contribution in [1.29, 1.82) is 0 Å². The van der Waals surface area contributed by atoms with E-state index in [1.807, 2.05) is 6.92 Å². The monoisotopic (exact) mass is 300 g/mol. The highest BCUT2D eigenvalue weighted by molar-refractivity contribution is 7.13. The molecule has 0 N–H and O–H groups in total. The Bertz CT molecular complexity index is 617. The van der Waals surface area contributed by atoms with E-state index in [-0.39, 0.29) is 12.4 Å². The highest BCUT2D eigenvalue weighted by Gasteiger charge is 2.30. The molecule has 106 valence electrons. The lowest BCUT2D eigenvalue weighted by molar-refractivity contribution is -0.137. The first-order valence-electron chi connectivity index (χ1n) is 5.74. The highest BCUT2D eigenvalue weighted by Crippen LogP contribution is 2.31. The molecule has 0 bridgehead atoms. The average Bonchev–Trinajstić information content (AvgIpc) is 2.76. The topological polar surface area (TPSA) is 26.3 Å². The van der Waals surface area contributed by atoms with Gasteiger partial charge in [-0.2, -0.15) is 13.2 Å². The van der Waals surface area contributed by atoms with Gasteiger partial charge in [0.15, 0.2) is 6.29 Å². The van der Waals surface area contributed by atoms with E-state index in [1.165, 1.54) is 23.5 Å². The molecule has 20 heavy (non-hydrogen) atoms. The third kappa shape index (κ3) is 3.39. The van der Waals surface area contributed by atoms with E-state index in [0.717, 1.165) is 28.9 Å². The van der Waals surface area contributed by atoms with Crippen LogP contribution in [0, 0.1) is 6.92 Å². The second-order valence-corrected chi connectivity index (χ2v) is 5.45. The summed E-state index contributed by atoms with van der Waals surface area (Å²) in [4.78, 5) is 12.1. The Morgan fingerprint density at radius 1 is 1.30 bits per heavy atom. The van der Waals surface area contributed by atoms with E-state index in [0.29, 0.717) is 4.88 Å². The standard InChI is InChI=1S/C14H11F3O2S/c1-9-10(5-13(7-18)20-9)8-19-12-4-2-3-11(6-12)14(15,16)17/h2-7H,8H2,1H3. The first kappa shape index (κ1) is 14.6. The van der Waals surface area contributed by atoms with Gasteiger partial charge in [0, 0.05) is 10.4 Å². The van der Waals surface area contributed by atoms with Gasteiger partial charge in [0.25, 0.3) is 0 Å². The number of thiophene rings is 1. The van der Waals surface area contributed by atoms with Gasteiger partial charge in [-0.15, -0.1) is 11.3 Å². The van der Waals surface area contributed by atoms with Crippen molar-refractivity contribution in [2.45, 2.75) is 19.7 Å². The minimum Gasteiger partial charge on any atom is -0.489 e. The number of hydrogen-bond acceptors (Lipinski definition) is 3. The molecule has 0 aliphatic carbocycles. The van der Waals surface area contributed by atoms with Crippen molar-refractivity contribution in [3.63, 3.8) is 0 Å². The number of halogens is 3. The summed E-state index contributed by atoms with van der Waals surface area (Å²) in [6.07, 6.45) is -3.65. The molecule has 0 unspecified atom stereocenters. The van der Waals surface area contributed by atoms with Crippen LogP contribution in [0.25, 0.3) is 0 Å². The van der Waals surface area contributed by atoms with Crippen LogP contribution in [0.1, 0.15) is 25.7 Å². The summed E-state index contributed by atoms with van der Waals surface area (Å²) in [6, 6.07) is 6.41. The molecule has 0 saturated carbocycles. The van der Waals surface area contributed by atoms with Crippen LogP contribution in [0.3, 0.4) is 0 Å². The van der Waals surface area contributed by atoms with Gasteiger partial charge in [-0.3, -0.25) is 4.79 Å². The molecule has 0 radical (unpaired) electrons. The molecule has 0 amide bonds. The van der Waals surface area contributed by atoms with Crippen molar-refractivity contribution in [2.24, 2.45) is 0 Å². The predicted molar refractivity (Wildman–Crippen MR) is 70.2 cm³/mol. The molecular weight excluding hydrogens is 289 g/mol.